The molecule has 3 heteroatoms. The molecule has 1 aromatic rings. The van der Waals surface area contributed by atoms with Crippen LogP contribution in [0.1, 0.15) is 44.1 Å². The molecule has 0 aromatic heterocycles. The maximum atomic E-state index is 9.31. The lowest BCUT2D eigenvalue weighted by Gasteiger charge is -2.14. The third-order valence-electron chi connectivity index (χ3n) is 4.57. The number of ether oxygens (including phenoxy) is 1. The molecule has 1 fully saturated rings. The molecule has 0 atom stereocenters. The van der Waals surface area contributed by atoms with E-state index in [1.165, 1.54) is 36.8 Å². The van der Waals surface area contributed by atoms with Gasteiger partial charge in [-0.2, -0.15) is 0 Å². The van der Waals surface area contributed by atoms with Gasteiger partial charge >= 0.3 is 0 Å². The van der Waals surface area contributed by atoms with Crippen LogP contribution < -0.4 is 4.74 Å². The number of rotatable bonds is 3. The van der Waals surface area contributed by atoms with Gasteiger partial charge in [-0.1, -0.05) is 35.7 Å². The van der Waals surface area contributed by atoms with Crippen molar-refractivity contribution in [3.05, 3.63) is 35.4 Å². The topological polar surface area (TPSA) is 41.8 Å². The van der Waals surface area contributed by atoms with Gasteiger partial charge in [0.1, 0.15) is 5.75 Å². The van der Waals surface area contributed by atoms with Crippen molar-refractivity contribution in [2.24, 2.45) is 11.1 Å². The SMILES string of the molecule is COc1cccc(C2=C(C3CCCC3)CCC2=NO)c1. The van der Waals surface area contributed by atoms with Gasteiger partial charge in [-0.15, -0.1) is 0 Å². The number of oxime groups is 1. The van der Waals surface area contributed by atoms with Crippen LogP contribution in [0.5, 0.6) is 5.75 Å². The van der Waals surface area contributed by atoms with Crippen molar-refractivity contribution >= 4 is 11.3 Å². The molecule has 1 N–H and O–H groups in total. The smallest absolute Gasteiger partial charge is 0.119 e. The molecule has 20 heavy (non-hydrogen) atoms. The van der Waals surface area contributed by atoms with Crippen LogP contribution in [-0.2, 0) is 0 Å². The maximum Gasteiger partial charge on any atom is 0.119 e. The monoisotopic (exact) mass is 271 g/mol. The van der Waals surface area contributed by atoms with Gasteiger partial charge in [0.25, 0.3) is 0 Å². The fourth-order valence-corrected chi connectivity index (χ4v) is 3.60. The first-order valence-corrected chi connectivity index (χ1v) is 7.42. The molecular weight excluding hydrogens is 250 g/mol. The quantitative estimate of drug-likeness (QED) is 0.659. The Morgan fingerprint density at radius 3 is 2.70 bits per heavy atom. The highest BCUT2D eigenvalue weighted by Gasteiger charge is 2.30. The lowest BCUT2D eigenvalue weighted by molar-refractivity contribution is 0.319. The summed E-state index contributed by atoms with van der Waals surface area (Å²) in [6.45, 7) is 0. The van der Waals surface area contributed by atoms with Crippen LogP contribution in [0.25, 0.3) is 5.57 Å². The zero-order valence-corrected chi connectivity index (χ0v) is 11.9. The molecule has 0 heterocycles. The molecule has 1 saturated carbocycles. The van der Waals surface area contributed by atoms with E-state index in [-0.39, 0.29) is 0 Å². The van der Waals surface area contributed by atoms with Crippen LogP contribution in [0, 0.1) is 5.92 Å². The Hall–Kier alpha value is -1.77. The molecule has 2 aliphatic carbocycles. The minimum Gasteiger partial charge on any atom is -0.497 e. The second-order valence-corrected chi connectivity index (χ2v) is 5.66. The molecule has 0 saturated heterocycles. The van der Waals surface area contributed by atoms with E-state index in [1.807, 2.05) is 18.2 Å². The van der Waals surface area contributed by atoms with Crippen molar-refractivity contribution in [1.29, 1.82) is 0 Å². The minimum atomic E-state index is 0.676. The van der Waals surface area contributed by atoms with Gasteiger partial charge in [-0.25, -0.2) is 0 Å². The summed E-state index contributed by atoms with van der Waals surface area (Å²) < 4.78 is 5.32. The number of hydrogen-bond acceptors (Lipinski definition) is 3. The van der Waals surface area contributed by atoms with E-state index in [1.54, 1.807) is 7.11 Å². The molecule has 1 aromatic carbocycles. The number of benzene rings is 1. The van der Waals surface area contributed by atoms with E-state index in [9.17, 15) is 5.21 Å². The average Bonchev–Trinajstić information content (AvgIpc) is 3.15. The normalized spacial score (nSPS) is 21.9. The lowest BCUT2D eigenvalue weighted by Crippen LogP contribution is -2.02. The molecule has 0 amide bonds. The van der Waals surface area contributed by atoms with E-state index >= 15 is 0 Å². The van der Waals surface area contributed by atoms with Crippen molar-refractivity contribution in [3.63, 3.8) is 0 Å². The van der Waals surface area contributed by atoms with Crippen molar-refractivity contribution in [3.8, 4) is 5.75 Å². The van der Waals surface area contributed by atoms with Crippen molar-refractivity contribution in [1.82, 2.24) is 0 Å². The molecular formula is C17H21NO2. The van der Waals surface area contributed by atoms with Crippen LogP contribution >= 0.6 is 0 Å². The van der Waals surface area contributed by atoms with Crippen LogP contribution in [0.2, 0.25) is 0 Å². The average molecular weight is 271 g/mol. The zero-order chi connectivity index (χ0) is 13.9. The molecule has 0 spiro atoms. The first kappa shape index (κ1) is 13.2. The molecule has 2 aliphatic rings. The highest BCUT2D eigenvalue weighted by atomic mass is 16.5. The Morgan fingerprint density at radius 1 is 1.20 bits per heavy atom. The third-order valence-corrected chi connectivity index (χ3v) is 4.57. The van der Waals surface area contributed by atoms with E-state index in [0.717, 1.165) is 29.9 Å². The Balaban J connectivity index is 2.05. The van der Waals surface area contributed by atoms with Crippen LogP contribution in [-0.4, -0.2) is 18.0 Å². The summed E-state index contributed by atoms with van der Waals surface area (Å²) in [7, 11) is 1.68. The van der Waals surface area contributed by atoms with Crippen LogP contribution in [0.15, 0.2) is 35.0 Å². The Bertz CT molecular complexity index is 554. The second kappa shape index (κ2) is 5.70. The summed E-state index contributed by atoms with van der Waals surface area (Å²) in [4.78, 5) is 0. The highest BCUT2D eigenvalue weighted by molar-refractivity contribution is 6.26. The van der Waals surface area contributed by atoms with E-state index in [4.69, 9.17) is 4.74 Å². The Morgan fingerprint density at radius 2 is 2.00 bits per heavy atom. The van der Waals surface area contributed by atoms with Gasteiger partial charge in [0.2, 0.25) is 0 Å². The Labute approximate surface area is 120 Å². The van der Waals surface area contributed by atoms with Gasteiger partial charge in [0.15, 0.2) is 0 Å². The third kappa shape index (κ3) is 2.33. The van der Waals surface area contributed by atoms with Gasteiger partial charge in [0, 0.05) is 5.57 Å². The van der Waals surface area contributed by atoms with E-state index in [0.29, 0.717) is 5.92 Å². The van der Waals surface area contributed by atoms with Crippen molar-refractivity contribution in [2.45, 2.75) is 38.5 Å². The van der Waals surface area contributed by atoms with Gasteiger partial charge in [-0.3, -0.25) is 0 Å². The molecule has 3 nitrogen and oxygen atoms in total. The molecule has 0 bridgehead atoms. The first-order valence-electron chi connectivity index (χ1n) is 7.42. The van der Waals surface area contributed by atoms with Crippen LogP contribution in [0.4, 0.5) is 0 Å². The number of allylic oxidation sites excluding steroid dienone is 2. The summed E-state index contributed by atoms with van der Waals surface area (Å²) in [6, 6.07) is 8.08. The summed E-state index contributed by atoms with van der Waals surface area (Å²) in [5, 5.41) is 12.8. The maximum absolute atomic E-state index is 9.31. The second-order valence-electron chi connectivity index (χ2n) is 5.66. The van der Waals surface area contributed by atoms with Crippen molar-refractivity contribution in [2.75, 3.05) is 7.11 Å². The summed E-state index contributed by atoms with van der Waals surface area (Å²) >= 11 is 0. The van der Waals surface area contributed by atoms with E-state index in [2.05, 4.69) is 11.2 Å². The Kier molecular flexibility index (Phi) is 3.77. The molecule has 3 rings (SSSR count). The van der Waals surface area contributed by atoms with Gasteiger partial charge < -0.3 is 9.94 Å². The summed E-state index contributed by atoms with van der Waals surface area (Å²) in [6.07, 6.45) is 7.10. The first-order chi connectivity index (χ1) is 9.83. The molecule has 106 valence electrons. The molecule has 0 aliphatic heterocycles. The van der Waals surface area contributed by atoms with Gasteiger partial charge in [0.05, 0.1) is 12.8 Å². The standard InChI is InChI=1S/C17H21NO2/c1-20-14-8-4-7-13(11-14)17-15(9-10-16(17)18-19)12-5-2-3-6-12/h4,7-8,11-12,19H,2-3,5-6,9-10H2,1H3. The molecule has 0 radical (unpaired) electrons. The largest absolute Gasteiger partial charge is 0.497 e. The highest BCUT2D eigenvalue weighted by Crippen LogP contribution is 2.42. The van der Waals surface area contributed by atoms with Crippen LogP contribution in [0.3, 0.4) is 0 Å². The molecule has 0 unspecified atom stereocenters. The van der Waals surface area contributed by atoms with Crippen molar-refractivity contribution < 1.29 is 9.94 Å². The number of methoxy groups -OCH3 is 1. The number of nitrogens with zero attached hydrogens (tertiary/aromatic N) is 1. The summed E-state index contributed by atoms with van der Waals surface area (Å²) in [5.74, 6) is 1.53. The fourth-order valence-electron chi connectivity index (χ4n) is 3.60. The predicted molar refractivity (Wildman–Crippen MR) is 80.3 cm³/mol. The predicted octanol–water partition coefficient (Wildman–Crippen LogP) is 4.26. The minimum absolute atomic E-state index is 0.676. The number of hydrogen-bond donors (Lipinski definition) is 1. The zero-order valence-electron chi connectivity index (χ0n) is 11.9. The lowest BCUT2D eigenvalue weighted by atomic mass is 9.91. The van der Waals surface area contributed by atoms with E-state index < -0.39 is 0 Å². The summed E-state index contributed by atoms with van der Waals surface area (Å²) in [5.41, 5.74) is 4.61. The van der Waals surface area contributed by atoms with Gasteiger partial charge in [-0.05, 0) is 49.3 Å². The fraction of sp³-hybridized carbons (Fsp3) is 0.471.